The topological polar surface area (TPSA) is 112 Å². The number of benzene rings is 4. The van der Waals surface area contributed by atoms with Crippen LogP contribution >= 0.6 is 0 Å². The zero-order valence-electron chi connectivity index (χ0n) is 25.5. The Labute approximate surface area is 260 Å². The van der Waals surface area contributed by atoms with Gasteiger partial charge in [-0.05, 0) is 89.4 Å². The Hall–Kier alpha value is -4.42. The van der Waals surface area contributed by atoms with Gasteiger partial charge in [0.1, 0.15) is 23.6 Å². The Morgan fingerprint density at radius 1 is 0.911 bits per heavy atom. The molecule has 0 amide bonds. The van der Waals surface area contributed by atoms with E-state index < -0.39 is 27.2 Å². The molecule has 0 fully saturated rings. The quantitative estimate of drug-likeness (QED) is 0.187. The number of hydrogen-bond donors (Lipinski definition) is 1. The standard InChI is InChI=1S/C34H32F3N3O4S/c1-21-13-22(17-26(14-21)34(35,36)37)31-29(20-39)24(19-38)15-23-16-25(33(2,3)4)18-30(32(23)31)44-27-7-9-28(10-8-27)45(41,42)40-11-6-12-43-5/h7-10,13-18,40H,6,11-12H2,1-5H3. The van der Waals surface area contributed by atoms with Crippen molar-refractivity contribution in [1.82, 2.24) is 4.72 Å². The highest BCUT2D eigenvalue weighted by Crippen LogP contribution is 2.45. The van der Waals surface area contributed by atoms with Crippen LogP contribution in [0.15, 0.2) is 65.6 Å². The molecule has 4 aromatic rings. The van der Waals surface area contributed by atoms with Gasteiger partial charge >= 0.3 is 6.18 Å². The lowest BCUT2D eigenvalue weighted by molar-refractivity contribution is -0.137. The molecule has 1 N–H and O–H groups in total. The van der Waals surface area contributed by atoms with E-state index in [4.69, 9.17) is 9.47 Å². The first kappa shape index (κ1) is 33.5. The number of hydrogen-bond acceptors (Lipinski definition) is 6. The molecule has 0 aromatic heterocycles. The normalized spacial score (nSPS) is 12.1. The second kappa shape index (κ2) is 12.9. The molecule has 4 aromatic carbocycles. The van der Waals surface area contributed by atoms with Crippen molar-refractivity contribution < 1.29 is 31.1 Å². The maximum absolute atomic E-state index is 13.9. The molecule has 0 aliphatic carbocycles. The fourth-order valence-electron chi connectivity index (χ4n) is 4.92. The number of halogens is 3. The van der Waals surface area contributed by atoms with Crippen LogP contribution in [0, 0.1) is 29.6 Å². The molecule has 11 heteroatoms. The van der Waals surface area contributed by atoms with Crippen molar-refractivity contribution in [2.45, 2.75) is 50.6 Å². The van der Waals surface area contributed by atoms with Gasteiger partial charge in [0.25, 0.3) is 0 Å². The fraction of sp³-hybridized carbons (Fsp3) is 0.294. The number of sulfonamides is 1. The van der Waals surface area contributed by atoms with Crippen molar-refractivity contribution in [3.05, 3.63) is 88.5 Å². The van der Waals surface area contributed by atoms with Crippen LogP contribution in [0.2, 0.25) is 0 Å². The van der Waals surface area contributed by atoms with E-state index in [1.165, 1.54) is 50.4 Å². The van der Waals surface area contributed by atoms with E-state index in [9.17, 15) is 32.1 Å². The van der Waals surface area contributed by atoms with Gasteiger partial charge in [0.2, 0.25) is 10.0 Å². The lowest BCUT2D eigenvalue weighted by Gasteiger charge is -2.23. The van der Waals surface area contributed by atoms with Crippen LogP contribution < -0.4 is 9.46 Å². The van der Waals surface area contributed by atoms with Gasteiger partial charge in [-0.3, -0.25) is 0 Å². The molecule has 0 unspecified atom stereocenters. The highest BCUT2D eigenvalue weighted by atomic mass is 32.2. The highest BCUT2D eigenvalue weighted by Gasteiger charge is 2.32. The highest BCUT2D eigenvalue weighted by molar-refractivity contribution is 7.89. The monoisotopic (exact) mass is 635 g/mol. The van der Waals surface area contributed by atoms with E-state index in [1.807, 2.05) is 39.0 Å². The Balaban J connectivity index is 1.95. The Kier molecular flexibility index (Phi) is 9.59. The van der Waals surface area contributed by atoms with Crippen LogP contribution in [0.25, 0.3) is 21.9 Å². The zero-order chi connectivity index (χ0) is 33.2. The first-order valence-corrected chi connectivity index (χ1v) is 15.5. The summed E-state index contributed by atoms with van der Waals surface area (Å²) in [6, 6.07) is 18.4. The molecular weight excluding hydrogens is 603 g/mol. The molecular formula is C34H32F3N3O4S. The summed E-state index contributed by atoms with van der Waals surface area (Å²) in [6.07, 6.45) is -4.14. The number of nitrogens with one attached hydrogen (secondary N) is 1. The Bertz CT molecular complexity index is 1930. The lowest BCUT2D eigenvalue weighted by atomic mass is 9.82. The van der Waals surface area contributed by atoms with Crippen molar-refractivity contribution in [2.75, 3.05) is 20.3 Å². The zero-order valence-corrected chi connectivity index (χ0v) is 26.3. The van der Waals surface area contributed by atoms with E-state index in [-0.39, 0.29) is 45.2 Å². The number of rotatable bonds is 9. The van der Waals surface area contributed by atoms with Crippen molar-refractivity contribution >= 4 is 20.8 Å². The Morgan fingerprint density at radius 3 is 2.18 bits per heavy atom. The average molecular weight is 636 g/mol. The molecule has 0 bridgehead atoms. The number of aryl methyl sites for hydroxylation is 1. The summed E-state index contributed by atoms with van der Waals surface area (Å²) in [4.78, 5) is 0.0196. The first-order chi connectivity index (χ1) is 21.1. The molecule has 0 heterocycles. The van der Waals surface area contributed by atoms with Crippen molar-refractivity contribution in [2.24, 2.45) is 0 Å². The summed E-state index contributed by atoms with van der Waals surface area (Å²) in [6.45, 7) is 8.06. The number of nitriles is 2. The van der Waals surface area contributed by atoms with Gasteiger partial charge in [-0.1, -0.05) is 32.9 Å². The molecule has 0 radical (unpaired) electrons. The minimum Gasteiger partial charge on any atom is -0.457 e. The summed E-state index contributed by atoms with van der Waals surface area (Å²) in [7, 11) is -2.26. The second-order valence-electron chi connectivity index (χ2n) is 11.6. The third kappa shape index (κ3) is 7.46. The average Bonchev–Trinajstić information content (AvgIpc) is 2.97. The summed E-state index contributed by atoms with van der Waals surface area (Å²) < 4.78 is 80.9. The number of fused-ring (bicyclic) bond motifs is 1. The van der Waals surface area contributed by atoms with Crippen LogP contribution in [0.5, 0.6) is 11.5 Å². The van der Waals surface area contributed by atoms with Crippen molar-refractivity contribution in [1.29, 1.82) is 10.5 Å². The van der Waals surface area contributed by atoms with Crippen LogP contribution in [-0.2, 0) is 26.4 Å². The third-order valence-electron chi connectivity index (χ3n) is 7.17. The number of nitrogens with zero attached hydrogens (tertiary/aromatic N) is 2. The first-order valence-electron chi connectivity index (χ1n) is 14.0. The molecule has 0 atom stereocenters. The minimum atomic E-state index is -4.64. The number of alkyl halides is 3. The third-order valence-corrected chi connectivity index (χ3v) is 8.65. The summed E-state index contributed by atoms with van der Waals surface area (Å²) in [5.41, 5.74) is 0.0127. The van der Waals surface area contributed by atoms with Crippen LogP contribution in [0.4, 0.5) is 13.2 Å². The molecule has 0 aliphatic heterocycles. The van der Waals surface area contributed by atoms with E-state index in [0.29, 0.717) is 29.4 Å². The number of methoxy groups -OCH3 is 1. The molecule has 45 heavy (non-hydrogen) atoms. The van der Waals surface area contributed by atoms with E-state index in [2.05, 4.69) is 4.72 Å². The smallest absolute Gasteiger partial charge is 0.416 e. The molecule has 0 saturated carbocycles. The predicted octanol–water partition coefficient (Wildman–Crippen LogP) is 7.98. The summed E-state index contributed by atoms with van der Waals surface area (Å²) in [5.74, 6) is 0.492. The van der Waals surface area contributed by atoms with Gasteiger partial charge in [0, 0.05) is 31.2 Å². The predicted molar refractivity (Wildman–Crippen MR) is 165 cm³/mol. The van der Waals surface area contributed by atoms with Gasteiger partial charge in [-0.15, -0.1) is 0 Å². The number of ether oxygens (including phenoxy) is 2. The minimum absolute atomic E-state index is 0.0135. The van der Waals surface area contributed by atoms with Gasteiger partial charge < -0.3 is 9.47 Å². The van der Waals surface area contributed by atoms with Gasteiger partial charge in [-0.2, -0.15) is 23.7 Å². The van der Waals surface area contributed by atoms with Gasteiger partial charge in [0.05, 0.1) is 21.6 Å². The summed E-state index contributed by atoms with van der Waals surface area (Å²) >= 11 is 0. The van der Waals surface area contributed by atoms with Crippen molar-refractivity contribution in [3.63, 3.8) is 0 Å². The fourth-order valence-corrected chi connectivity index (χ4v) is 6.00. The van der Waals surface area contributed by atoms with Crippen LogP contribution in [0.3, 0.4) is 0 Å². The maximum Gasteiger partial charge on any atom is 0.416 e. The summed E-state index contributed by atoms with van der Waals surface area (Å²) in [5, 5.41) is 21.0. The van der Waals surface area contributed by atoms with E-state index >= 15 is 0 Å². The van der Waals surface area contributed by atoms with Crippen molar-refractivity contribution in [3.8, 4) is 34.8 Å². The Morgan fingerprint density at radius 2 is 1.60 bits per heavy atom. The molecule has 4 rings (SSSR count). The van der Waals surface area contributed by atoms with Crippen LogP contribution in [-0.4, -0.2) is 28.7 Å². The van der Waals surface area contributed by atoms with Gasteiger partial charge in [-0.25, -0.2) is 13.1 Å². The largest absolute Gasteiger partial charge is 0.457 e. The second-order valence-corrected chi connectivity index (χ2v) is 13.4. The molecule has 0 saturated heterocycles. The maximum atomic E-state index is 13.9. The molecule has 7 nitrogen and oxygen atoms in total. The van der Waals surface area contributed by atoms with Crippen LogP contribution in [0.1, 0.15) is 55.0 Å². The van der Waals surface area contributed by atoms with E-state index in [1.54, 1.807) is 6.07 Å². The SMILES string of the molecule is COCCCNS(=O)(=O)c1ccc(Oc2cc(C(C)(C)C)cc3cc(C#N)c(C#N)c(-c4cc(C)cc(C(F)(F)F)c4)c23)cc1. The van der Waals surface area contributed by atoms with E-state index in [0.717, 1.165) is 17.7 Å². The molecule has 0 spiro atoms. The molecule has 0 aliphatic rings. The van der Waals surface area contributed by atoms with Gasteiger partial charge in [0.15, 0.2) is 0 Å². The lowest BCUT2D eigenvalue weighted by Crippen LogP contribution is -2.25. The molecule has 234 valence electrons.